The minimum atomic E-state index is -0.804. The summed E-state index contributed by atoms with van der Waals surface area (Å²) in [6, 6.07) is 16.3. The van der Waals surface area contributed by atoms with Gasteiger partial charge in [-0.2, -0.15) is 5.26 Å². The van der Waals surface area contributed by atoms with Gasteiger partial charge in [-0.25, -0.2) is 0 Å². The van der Waals surface area contributed by atoms with Gasteiger partial charge in [-0.1, -0.05) is 12.1 Å². The predicted molar refractivity (Wildman–Crippen MR) is 134 cm³/mol. The topological polar surface area (TPSA) is 158 Å². The van der Waals surface area contributed by atoms with E-state index in [1.165, 1.54) is 25.3 Å². The number of benzene rings is 3. The number of hydrogen-bond acceptors (Lipinski definition) is 8. The second-order valence-electron chi connectivity index (χ2n) is 6.81. The van der Waals surface area contributed by atoms with E-state index in [1.54, 1.807) is 24.3 Å². The van der Waals surface area contributed by atoms with E-state index < -0.39 is 27.1 Å². The molecule has 0 fully saturated rings. The molecular weight excluding hydrogens is 571 g/mol. The van der Waals surface area contributed by atoms with Crippen molar-refractivity contribution in [2.45, 2.75) is 0 Å². The van der Waals surface area contributed by atoms with Crippen LogP contribution >= 0.6 is 22.6 Å². The largest absolute Gasteiger partial charge is 0.493 e. The number of hydrogen-bond donors (Lipinski definition) is 1. The molecule has 0 unspecified atom stereocenters. The van der Waals surface area contributed by atoms with Gasteiger partial charge < -0.3 is 14.8 Å². The van der Waals surface area contributed by atoms with Crippen molar-refractivity contribution in [1.29, 1.82) is 5.26 Å². The maximum atomic E-state index is 12.6. The first-order valence-corrected chi connectivity index (χ1v) is 10.8. The molecule has 0 heterocycles. The van der Waals surface area contributed by atoms with Gasteiger partial charge in [-0.15, -0.1) is 0 Å². The maximum Gasteiger partial charge on any atom is 0.318 e. The fraction of sp³-hybridized carbons (Fsp3) is 0.0435. The number of carbonyl (C=O) groups excluding carboxylic acids is 1. The highest BCUT2D eigenvalue weighted by Crippen LogP contribution is 2.38. The number of nitrogens with one attached hydrogen (secondary N) is 1. The summed E-state index contributed by atoms with van der Waals surface area (Å²) in [4.78, 5) is 33.4. The number of non-ortho nitro benzene ring substituents is 1. The van der Waals surface area contributed by atoms with Crippen LogP contribution in [0.4, 0.5) is 17.1 Å². The molecule has 12 heteroatoms. The second-order valence-corrected chi connectivity index (χ2v) is 8.06. The van der Waals surface area contributed by atoms with E-state index in [1.807, 2.05) is 12.1 Å². The summed E-state index contributed by atoms with van der Waals surface area (Å²) in [5, 5.41) is 34.5. The van der Waals surface area contributed by atoms with Crippen molar-refractivity contribution in [3.05, 3.63) is 95.6 Å². The maximum absolute atomic E-state index is 12.6. The van der Waals surface area contributed by atoms with Crippen LogP contribution in [0.15, 0.2) is 66.2 Å². The van der Waals surface area contributed by atoms with Crippen LogP contribution < -0.4 is 14.8 Å². The molecule has 11 nitrogen and oxygen atoms in total. The molecule has 0 saturated heterocycles. The number of nitriles is 1. The second kappa shape index (κ2) is 11.1. The lowest BCUT2D eigenvalue weighted by Gasteiger charge is -2.11. The summed E-state index contributed by atoms with van der Waals surface area (Å²) < 4.78 is 11.8. The average molecular weight is 586 g/mol. The SMILES string of the molecule is COc1ccc(/C=C(\C#N)C(=O)Nc2cccc(I)c2)cc1Oc1ccc([N+](=O)[O-])cc1[N+](=O)[O-]. The molecule has 1 N–H and O–H groups in total. The Morgan fingerprint density at radius 3 is 2.40 bits per heavy atom. The first-order chi connectivity index (χ1) is 16.7. The Bertz CT molecular complexity index is 1400. The Balaban J connectivity index is 1.94. The molecule has 0 aromatic heterocycles. The van der Waals surface area contributed by atoms with Crippen molar-refractivity contribution in [3.8, 4) is 23.3 Å². The number of amides is 1. The number of nitrogens with zero attached hydrogens (tertiary/aromatic N) is 3. The van der Waals surface area contributed by atoms with Crippen molar-refractivity contribution in [2.75, 3.05) is 12.4 Å². The molecule has 0 aliphatic rings. The molecule has 0 aliphatic heterocycles. The molecule has 0 atom stereocenters. The zero-order valence-corrected chi connectivity index (χ0v) is 20.1. The van der Waals surface area contributed by atoms with Gasteiger partial charge in [0, 0.05) is 15.3 Å². The predicted octanol–water partition coefficient (Wildman–Crippen LogP) is 5.45. The summed E-state index contributed by atoms with van der Waals surface area (Å²) in [5.41, 5.74) is -0.379. The van der Waals surface area contributed by atoms with Gasteiger partial charge in [0.2, 0.25) is 5.75 Å². The highest BCUT2D eigenvalue weighted by atomic mass is 127. The standard InChI is InChI=1S/C23H15IN4O7/c1-34-21-7-5-14(9-15(13-25)23(29)26-17-4-2-3-16(24)11-17)10-22(21)35-20-8-6-18(27(30)31)12-19(20)28(32)33/h2-12H,1H3,(H,26,29)/b15-9+. The summed E-state index contributed by atoms with van der Waals surface area (Å²) >= 11 is 2.10. The highest BCUT2D eigenvalue weighted by Gasteiger charge is 2.22. The highest BCUT2D eigenvalue weighted by molar-refractivity contribution is 14.1. The van der Waals surface area contributed by atoms with Crippen molar-refractivity contribution in [1.82, 2.24) is 0 Å². The van der Waals surface area contributed by atoms with Crippen LogP contribution in [0.25, 0.3) is 6.08 Å². The smallest absolute Gasteiger partial charge is 0.318 e. The molecule has 0 bridgehead atoms. The van der Waals surface area contributed by atoms with E-state index in [0.29, 0.717) is 11.3 Å². The van der Waals surface area contributed by atoms with E-state index in [-0.39, 0.29) is 22.8 Å². The first-order valence-electron chi connectivity index (χ1n) is 9.69. The Kier molecular flexibility index (Phi) is 7.95. The molecule has 35 heavy (non-hydrogen) atoms. The lowest BCUT2D eigenvalue weighted by molar-refractivity contribution is -0.394. The van der Waals surface area contributed by atoms with Gasteiger partial charge in [0.25, 0.3) is 11.6 Å². The summed E-state index contributed by atoms with van der Waals surface area (Å²) in [7, 11) is 1.36. The average Bonchev–Trinajstić information content (AvgIpc) is 2.82. The van der Waals surface area contributed by atoms with Crippen LogP contribution in [0.2, 0.25) is 0 Å². The lowest BCUT2D eigenvalue weighted by atomic mass is 10.1. The van der Waals surface area contributed by atoms with E-state index in [2.05, 4.69) is 27.9 Å². The van der Waals surface area contributed by atoms with E-state index in [4.69, 9.17) is 9.47 Å². The van der Waals surface area contributed by atoms with E-state index >= 15 is 0 Å². The van der Waals surface area contributed by atoms with Crippen molar-refractivity contribution < 1.29 is 24.1 Å². The molecule has 0 aliphatic carbocycles. The van der Waals surface area contributed by atoms with Gasteiger partial charge in [0.15, 0.2) is 11.5 Å². The number of methoxy groups -OCH3 is 1. The molecule has 0 radical (unpaired) electrons. The fourth-order valence-electron chi connectivity index (χ4n) is 2.91. The number of rotatable bonds is 8. The van der Waals surface area contributed by atoms with Gasteiger partial charge >= 0.3 is 5.69 Å². The first kappa shape index (κ1) is 25.1. The number of carbonyl (C=O) groups is 1. The number of ether oxygens (including phenoxy) is 2. The summed E-state index contributed by atoms with van der Waals surface area (Å²) in [6.45, 7) is 0. The van der Waals surface area contributed by atoms with Crippen LogP contribution in [0.1, 0.15) is 5.56 Å². The van der Waals surface area contributed by atoms with Gasteiger partial charge in [0.1, 0.15) is 11.6 Å². The Morgan fingerprint density at radius 2 is 1.77 bits per heavy atom. The van der Waals surface area contributed by atoms with E-state index in [9.17, 15) is 30.3 Å². The van der Waals surface area contributed by atoms with Gasteiger partial charge in [0.05, 0.1) is 23.0 Å². The molecule has 1 amide bonds. The summed E-state index contributed by atoms with van der Waals surface area (Å²) in [6.07, 6.45) is 1.32. The van der Waals surface area contributed by atoms with Crippen molar-refractivity contribution in [3.63, 3.8) is 0 Å². The third kappa shape index (κ3) is 6.30. The number of halogens is 1. The minimum Gasteiger partial charge on any atom is -0.493 e. The number of anilines is 1. The van der Waals surface area contributed by atoms with Crippen LogP contribution in [0, 0.1) is 35.1 Å². The normalized spacial score (nSPS) is 10.7. The van der Waals surface area contributed by atoms with Crippen LogP contribution in [0.3, 0.4) is 0 Å². The van der Waals surface area contributed by atoms with Crippen LogP contribution in [-0.2, 0) is 4.79 Å². The van der Waals surface area contributed by atoms with E-state index in [0.717, 1.165) is 21.8 Å². The van der Waals surface area contributed by atoms with Gasteiger partial charge in [-0.05, 0) is 70.6 Å². The zero-order chi connectivity index (χ0) is 25.5. The summed E-state index contributed by atoms with van der Waals surface area (Å²) in [5.74, 6) is -0.638. The zero-order valence-electron chi connectivity index (χ0n) is 17.9. The lowest BCUT2D eigenvalue weighted by Crippen LogP contribution is -2.13. The molecular formula is C23H15IN4O7. The monoisotopic (exact) mass is 586 g/mol. The Hall–Kier alpha value is -4.51. The minimum absolute atomic E-state index is 0.0357. The van der Waals surface area contributed by atoms with Crippen LogP contribution in [0.5, 0.6) is 17.2 Å². The van der Waals surface area contributed by atoms with Crippen molar-refractivity contribution >= 4 is 51.6 Å². The van der Waals surface area contributed by atoms with Crippen LogP contribution in [-0.4, -0.2) is 22.9 Å². The Morgan fingerprint density at radius 1 is 1.03 bits per heavy atom. The fourth-order valence-corrected chi connectivity index (χ4v) is 3.45. The Labute approximate surface area is 212 Å². The third-order valence-electron chi connectivity index (χ3n) is 4.52. The molecule has 3 aromatic rings. The molecule has 3 aromatic carbocycles. The quantitative estimate of drug-likeness (QED) is 0.120. The van der Waals surface area contributed by atoms with Gasteiger partial charge in [-0.3, -0.25) is 25.0 Å². The number of nitro benzene ring substituents is 2. The molecule has 0 spiro atoms. The number of nitro groups is 2. The third-order valence-corrected chi connectivity index (χ3v) is 5.19. The molecule has 176 valence electrons. The van der Waals surface area contributed by atoms with Crippen molar-refractivity contribution in [2.24, 2.45) is 0 Å². The molecule has 3 rings (SSSR count). The molecule has 0 saturated carbocycles.